The van der Waals surface area contributed by atoms with Crippen LogP contribution in [0, 0.1) is 0 Å². The van der Waals surface area contributed by atoms with Gasteiger partial charge in [0.25, 0.3) is 11.8 Å². The van der Waals surface area contributed by atoms with Crippen LogP contribution in [0.15, 0.2) is 48.5 Å². The van der Waals surface area contributed by atoms with E-state index in [1.807, 2.05) is 69.9 Å². The highest BCUT2D eigenvalue weighted by Gasteiger charge is 2.41. The number of piperidine rings is 1. The fourth-order valence-electron chi connectivity index (χ4n) is 5.61. The standard InChI is InChI=1S/C34H46N4O7/c1-23(2)38(26-14-11-18-36(21-26)32(42)45-33(3,4)5)29(39)25-15-16-28-27(20-25)37(30(40)34(6,7)44-28)19-17-35-31(41)43-22-24-12-9-8-10-13-24/h8-10,12-13,15-16,20,23,26H,11,14,17-19,21-22H2,1-7H3,(H,35,41)/t26-/m1/s1. The van der Waals surface area contributed by atoms with Crippen molar-refractivity contribution in [2.45, 2.75) is 91.2 Å². The second-order valence-electron chi connectivity index (χ2n) is 13.3. The number of amides is 4. The van der Waals surface area contributed by atoms with E-state index < -0.39 is 17.3 Å². The molecule has 4 amide bonds. The van der Waals surface area contributed by atoms with Crippen molar-refractivity contribution in [2.24, 2.45) is 0 Å². The average Bonchev–Trinajstić information content (AvgIpc) is 2.97. The molecule has 0 spiro atoms. The fourth-order valence-corrected chi connectivity index (χ4v) is 5.61. The highest BCUT2D eigenvalue weighted by atomic mass is 16.6. The number of nitrogens with one attached hydrogen (secondary N) is 1. The van der Waals surface area contributed by atoms with Crippen LogP contribution in [0.2, 0.25) is 0 Å². The Morgan fingerprint density at radius 2 is 1.82 bits per heavy atom. The van der Waals surface area contributed by atoms with Gasteiger partial charge in [-0.2, -0.15) is 0 Å². The predicted molar refractivity (Wildman–Crippen MR) is 170 cm³/mol. The van der Waals surface area contributed by atoms with Crippen molar-refractivity contribution in [1.29, 1.82) is 0 Å². The van der Waals surface area contributed by atoms with Gasteiger partial charge in [-0.3, -0.25) is 9.59 Å². The monoisotopic (exact) mass is 622 g/mol. The first-order valence-corrected chi connectivity index (χ1v) is 15.6. The summed E-state index contributed by atoms with van der Waals surface area (Å²) >= 11 is 0. The molecule has 2 aromatic rings. The van der Waals surface area contributed by atoms with E-state index in [9.17, 15) is 19.2 Å². The number of likely N-dealkylation sites (tertiary alicyclic amines) is 1. The van der Waals surface area contributed by atoms with Crippen LogP contribution in [0.25, 0.3) is 0 Å². The third-order valence-electron chi connectivity index (χ3n) is 7.67. The van der Waals surface area contributed by atoms with Gasteiger partial charge in [-0.25, -0.2) is 9.59 Å². The molecular weight excluding hydrogens is 576 g/mol. The van der Waals surface area contributed by atoms with Crippen LogP contribution in [0.1, 0.15) is 77.2 Å². The molecule has 0 bridgehead atoms. The number of hydrogen-bond donors (Lipinski definition) is 1. The van der Waals surface area contributed by atoms with Crippen molar-refractivity contribution in [3.05, 3.63) is 59.7 Å². The largest absolute Gasteiger partial charge is 0.476 e. The molecule has 11 nitrogen and oxygen atoms in total. The second-order valence-corrected chi connectivity index (χ2v) is 13.3. The quantitative estimate of drug-likeness (QED) is 0.421. The first-order valence-electron chi connectivity index (χ1n) is 15.6. The number of benzene rings is 2. The van der Waals surface area contributed by atoms with Crippen molar-refractivity contribution in [3.63, 3.8) is 0 Å². The second kappa shape index (κ2) is 13.8. The van der Waals surface area contributed by atoms with Gasteiger partial charge in [-0.1, -0.05) is 30.3 Å². The minimum absolute atomic E-state index is 0.132. The number of anilines is 1. The molecule has 2 heterocycles. The Labute approximate surface area is 265 Å². The number of nitrogens with zero attached hydrogens (tertiary/aromatic N) is 3. The lowest BCUT2D eigenvalue weighted by Gasteiger charge is -2.42. The summed E-state index contributed by atoms with van der Waals surface area (Å²) in [6.45, 7) is 14.1. The molecule has 2 aliphatic heterocycles. The molecule has 1 N–H and O–H groups in total. The van der Waals surface area contributed by atoms with Crippen LogP contribution in [0.3, 0.4) is 0 Å². The molecule has 244 valence electrons. The summed E-state index contributed by atoms with van der Waals surface area (Å²) in [5.74, 6) is -0.0311. The Kier molecular flexibility index (Phi) is 10.3. The number of ether oxygens (including phenoxy) is 3. The first-order chi connectivity index (χ1) is 21.2. The van der Waals surface area contributed by atoms with Crippen molar-refractivity contribution >= 4 is 29.7 Å². The van der Waals surface area contributed by atoms with E-state index >= 15 is 0 Å². The first kappa shape index (κ1) is 33.6. The van der Waals surface area contributed by atoms with E-state index in [-0.39, 0.29) is 49.7 Å². The lowest BCUT2D eigenvalue weighted by molar-refractivity contribution is -0.132. The lowest BCUT2D eigenvalue weighted by atomic mass is 9.99. The Hall–Kier alpha value is -4.28. The number of alkyl carbamates (subject to hydrolysis) is 1. The molecule has 1 fully saturated rings. The molecule has 0 radical (unpaired) electrons. The Bertz CT molecular complexity index is 1390. The minimum Gasteiger partial charge on any atom is -0.476 e. The van der Waals surface area contributed by atoms with Crippen LogP contribution in [-0.2, 0) is 20.9 Å². The lowest BCUT2D eigenvalue weighted by Crippen LogP contribution is -2.55. The van der Waals surface area contributed by atoms with Gasteiger partial charge in [-0.15, -0.1) is 0 Å². The number of carbonyl (C=O) groups is 4. The average molecular weight is 623 g/mol. The summed E-state index contributed by atoms with van der Waals surface area (Å²) in [7, 11) is 0. The van der Waals surface area contributed by atoms with E-state index in [0.29, 0.717) is 30.1 Å². The van der Waals surface area contributed by atoms with Crippen molar-refractivity contribution in [3.8, 4) is 5.75 Å². The van der Waals surface area contributed by atoms with Gasteiger partial charge in [0, 0.05) is 37.8 Å². The normalized spacial score (nSPS) is 17.7. The molecule has 0 aromatic heterocycles. The van der Waals surface area contributed by atoms with Gasteiger partial charge in [0.1, 0.15) is 18.0 Å². The molecule has 0 aliphatic carbocycles. The summed E-state index contributed by atoms with van der Waals surface area (Å²) in [6, 6.07) is 14.1. The molecule has 1 saturated heterocycles. The molecule has 2 aromatic carbocycles. The smallest absolute Gasteiger partial charge is 0.410 e. The molecule has 1 atom stereocenters. The molecule has 0 unspecified atom stereocenters. The van der Waals surface area contributed by atoms with Crippen LogP contribution < -0.4 is 15.0 Å². The van der Waals surface area contributed by atoms with E-state index in [1.54, 1.807) is 36.9 Å². The van der Waals surface area contributed by atoms with Crippen LogP contribution in [0.5, 0.6) is 5.75 Å². The SMILES string of the molecule is CC(C)N(C(=O)c1ccc2c(c1)N(CCNC(=O)OCc1ccccc1)C(=O)C(C)(C)O2)[C@@H]1CCCN(C(=O)OC(C)(C)C)C1. The molecule has 11 heteroatoms. The summed E-state index contributed by atoms with van der Waals surface area (Å²) in [6.07, 6.45) is 0.519. The molecule has 4 rings (SSSR count). The zero-order valence-electron chi connectivity index (χ0n) is 27.4. The Balaban J connectivity index is 1.49. The van der Waals surface area contributed by atoms with Crippen molar-refractivity contribution in [2.75, 3.05) is 31.1 Å². The van der Waals surface area contributed by atoms with Gasteiger partial charge < -0.3 is 34.2 Å². The van der Waals surface area contributed by atoms with Gasteiger partial charge in [0.05, 0.1) is 11.7 Å². The van der Waals surface area contributed by atoms with Crippen LogP contribution in [0.4, 0.5) is 15.3 Å². The van der Waals surface area contributed by atoms with Crippen molar-refractivity contribution in [1.82, 2.24) is 15.1 Å². The maximum Gasteiger partial charge on any atom is 0.410 e. The fraction of sp³-hybridized carbons (Fsp3) is 0.529. The van der Waals surface area contributed by atoms with E-state index in [1.165, 1.54) is 4.90 Å². The summed E-state index contributed by atoms with van der Waals surface area (Å²) in [5.41, 5.74) is -0.0343. The van der Waals surface area contributed by atoms with Gasteiger partial charge in [0.15, 0.2) is 5.60 Å². The topological polar surface area (TPSA) is 118 Å². The highest BCUT2D eigenvalue weighted by Crippen LogP contribution is 2.39. The number of fused-ring (bicyclic) bond motifs is 1. The molecular formula is C34H46N4O7. The third kappa shape index (κ3) is 8.46. The summed E-state index contributed by atoms with van der Waals surface area (Å²) in [4.78, 5) is 57.7. The zero-order chi connectivity index (χ0) is 32.9. The Morgan fingerprint density at radius 3 is 2.49 bits per heavy atom. The third-order valence-corrected chi connectivity index (χ3v) is 7.67. The zero-order valence-corrected chi connectivity index (χ0v) is 27.4. The highest BCUT2D eigenvalue weighted by molar-refractivity contribution is 6.04. The van der Waals surface area contributed by atoms with E-state index in [4.69, 9.17) is 14.2 Å². The molecule has 2 aliphatic rings. The molecule has 0 saturated carbocycles. The van der Waals surface area contributed by atoms with Crippen molar-refractivity contribution < 1.29 is 33.4 Å². The number of rotatable bonds is 8. The van der Waals surface area contributed by atoms with Crippen LogP contribution >= 0.6 is 0 Å². The number of hydrogen-bond acceptors (Lipinski definition) is 7. The van der Waals surface area contributed by atoms with Crippen LogP contribution in [-0.4, -0.2) is 83.3 Å². The molecule has 45 heavy (non-hydrogen) atoms. The minimum atomic E-state index is -1.14. The predicted octanol–water partition coefficient (Wildman–Crippen LogP) is 5.37. The number of carbonyl (C=O) groups excluding carboxylic acids is 4. The Morgan fingerprint density at radius 1 is 1.11 bits per heavy atom. The maximum absolute atomic E-state index is 14.1. The van der Waals surface area contributed by atoms with Gasteiger partial charge in [0.2, 0.25) is 0 Å². The van der Waals surface area contributed by atoms with Gasteiger partial charge >= 0.3 is 12.2 Å². The van der Waals surface area contributed by atoms with Gasteiger partial charge in [-0.05, 0) is 85.1 Å². The summed E-state index contributed by atoms with van der Waals surface area (Å²) < 4.78 is 16.9. The van der Waals surface area contributed by atoms with E-state index in [2.05, 4.69) is 5.32 Å². The maximum atomic E-state index is 14.1. The summed E-state index contributed by atoms with van der Waals surface area (Å²) in [5, 5.41) is 2.71. The van der Waals surface area contributed by atoms with E-state index in [0.717, 1.165) is 18.4 Å².